The van der Waals surface area contributed by atoms with Crippen LogP contribution in [0, 0.1) is 0 Å². The van der Waals surface area contributed by atoms with Crippen LogP contribution in [0.5, 0.6) is 0 Å². The minimum atomic E-state index is 0.649. The molecule has 0 spiro atoms. The number of halogens is 1. The predicted octanol–water partition coefficient (Wildman–Crippen LogP) is 3.83. The molecule has 1 N–H and O–H groups in total. The average molecular weight is 276 g/mol. The third-order valence-electron chi connectivity index (χ3n) is 2.21. The Morgan fingerprint density at radius 2 is 2.21 bits per heavy atom. The minimum absolute atomic E-state index is 0.649. The Morgan fingerprint density at radius 1 is 1.43 bits per heavy atom. The monoisotopic (exact) mass is 275 g/mol. The lowest BCUT2D eigenvalue weighted by atomic mass is 10.1. The molecule has 1 rings (SSSR count). The highest BCUT2D eigenvalue weighted by molar-refractivity contribution is 9.11. The number of rotatable bonds is 6. The predicted molar refractivity (Wildman–Crippen MR) is 68.1 cm³/mol. The van der Waals surface area contributed by atoms with E-state index in [9.17, 15) is 0 Å². The summed E-state index contributed by atoms with van der Waals surface area (Å²) in [5, 5.41) is 3.53. The molecule has 1 aromatic rings. The van der Waals surface area contributed by atoms with Gasteiger partial charge in [-0.25, -0.2) is 0 Å². The van der Waals surface area contributed by atoms with Crippen LogP contribution in [0.1, 0.15) is 31.6 Å². The SMILES string of the molecule is CCCC(Cc1ccc(Br)s1)NCC. The molecule has 0 aliphatic heterocycles. The van der Waals surface area contributed by atoms with Crippen molar-refractivity contribution in [2.24, 2.45) is 0 Å². The summed E-state index contributed by atoms with van der Waals surface area (Å²) < 4.78 is 1.24. The molecule has 80 valence electrons. The first-order valence-corrected chi connectivity index (χ1v) is 6.84. The lowest BCUT2D eigenvalue weighted by Gasteiger charge is -2.15. The summed E-state index contributed by atoms with van der Waals surface area (Å²) in [6.07, 6.45) is 3.69. The van der Waals surface area contributed by atoms with Gasteiger partial charge in [0.1, 0.15) is 0 Å². The molecule has 3 heteroatoms. The van der Waals surface area contributed by atoms with E-state index < -0.39 is 0 Å². The zero-order chi connectivity index (χ0) is 10.4. The maximum Gasteiger partial charge on any atom is 0.0701 e. The van der Waals surface area contributed by atoms with E-state index in [1.165, 1.54) is 21.5 Å². The van der Waals surface area contributed by atoms with E-state index in [4.69, 9.17) is 0 Å². The normalized spacial score (nSPS) is 13.1. The Labute approximate surface area is 99.0 Å². The summed E-state index contributed by atoms with van der Waals surface area (Å²) in [6.45, 7) is 5.49. The molecule has 0 radical (unpaired) electrons. The Balaban J connectivity index is 2.46. The second-order valence-corrected chi connectivity index (χ2v) is 6.00. The van der Waals surface area contributed by atoms with Crippen LogP contribution in [0.4, 0.5) is 0 Å². The quantitative estimate of drug-likeness (QED) is 0.832. The molecule has 0 fully saturated rings. The van der Waals surface area contributed by atoms with E-state index in [1.807, 2.05) is 11.3 Å². The molecule has 0 amide bonds. The van der Waals surface area contributed by atoms with Gasteiger partial charge in [-0.15, -0.1) is 11.3 Å². The van der Waals surface area contributed by atoms with Gasteiger partial charge in [0.15, 0.2) is 0 Å². The largest absolute Gasteiger partial charge is 0.314 e. The molecule has 0 aliphatic rings. The van der Waals surface area contributed by atoms with Crippen molar-refractivity contribution in [1.29, 1.82) is 0 Å². The van der Waals surface area contributed by atoms with E-state index in [-0.39, 0.29) is 0 Å². The van der Waals surface area contributed by atoms with Crippen molar-refractivity contribution in [3.05, 3.63) is 20.8 Å². The molecule has 0 aromatic carbocycles. The van der Waals surface area contributed by atoms with E-state index >= 15 is 0 Å². The van der Waals surface area contributed by atoms with E-state index in [0.29, 0.717) is 6.04 Å². The van der Waals surface area contributed by atoms with Gasteiger partial charge in [-0.2, -0.15) is 0 Å². The van der Waals surface area contributed by atoms with Crippen LogP contribution >= 0.6 is 27.3 Å². The lowest BCUT2D eigenvalue weighted by molar-refractivity contribution is 0.488. The van der Waals surface area contributed by atoms with Crippen LogP contribution in [-0.4, -0.2) is 12.6 Å². The van der Waals surface area contributed by atoms with Gasteiger partial charge in [0.05, 0.1) is 3.79 Å². The van der Waals surface area contributed by atoms with Crippen molar-refractivity contribution in [3.8, 4) is 0 Å². The van der Waals surface area contributed by atoms with Gasteiger partial charge in [-0.3, -0.25) is 0 Å². The topological polar surface area (TPSA) is 12.0 Å². The highest BCUT2D eigenvalue weighted by Gasteiger charge is 2.08. The summed E-state index contributed by atoms with van der Waals surface area (Å²) in [4.78, 5) is 1.47. The fraction of sp³-hybridized carbons (Fsp3) is 0.636. The maximum absolute atomic E-state index is 3.53. The molecule has 1 heterocycles. The van der Waals surface area contributed by atoms with Gasteiger partial charge in [-0.05, 0) is 47.4 Å². The molecule has 1 atom stereocenters. The second-order valence-electron chi connectivity index (χ2n) is 3.45. The van der Waals surface area contributed by atoms with Crippen molar-refractivity contribution in [2.45, 2.75) is 39.2 Å². The zero-order valence-corrected chi connectivity index (χ0v) is 11.2. The molecule has 1 nitrogen and oxygen atoms in total. The van der Waals surface area contributed by atoms with E-state index in [1.54, 1.807) is 0 Å². The number of likely N-dealkylation sites (N-methyl/N-ethyl adjacent to an activating group) is 1. The summed E-state index contributed by atoms with van der Waals surface area (Å²) in [6, 6.07) is 5.00. The fourth-order valence-electron chi connectivity index (χ4n) is 1.62. The molecular formula is C11H18BrNS. The highest BCUT2D eigenvalue weighted by atomic mass is 79.9. The molecule has 0 aliphatic carbocycles. The van der Waals surface area contributed by atoms with Crippen molar-refractivity contribution in [2.75, 3.05) is 6.54 Å². The zero-order valence-electron chi connectivity index (χ0n) is 8.85. The highest BCUT2D eigenvalue weighted by Crippen LogP contribution is 2.23. The third-order valence-corrected chi connectivity index (χ3v) is 3.85. The van der Waals surface area contributed by atoms with Crippen LogP contribution in [-0.2, 0) is 6.42 Å². The third kappa shape index (κ3) is 4.11. The average Bonchev–Trinajstić information content (AvgIpc) is 2.52. The Morgan fingerprint density at radius 3 is 2.71 bits per heavy atom. The molecule has 1 aromatic heterocycles. The molecular weight excluding hydrogens is 258 g/mol. The number of hydrogen-bond acceptors (Lipinski definition) is 2. The second kappa shape index (κ2) is 6.59. The molecule has 0 saturated heterocycles. The molecule has 0 bridgehead atoms. The molecule has 1 unspecified atom stereocenters. The van der Waals surface area contributed by atoms with Gasteiger partial charge in [0, 0.05) is 10.9 Å². The summed E-state index contributed by atoms with van der Waals surface area (Å²) in [7, 11) is 0. The van der Waals surface area contributed by atoms with Gasteiger partial charge in [0.2, 0.25) is 0 Å². The lowest BCUT2D eigenvalue weighted by Crippen LogP contribution is -2.30. The molecule has 14 heavy (non-hydrogen) atoms. The Bertz CT molecular complexity index is 254. The number of nitrogens with one attached hydrogen (secondary N) is 1. The van der Waals surface area contributed by atoms with Crippen molar-refractivity contribution in [3.63, 3.8) is 0 Å². The first-order valence-electron chi connectivity index (χ1n) is 5.23. The van der Waals surface area contributed by atoms with Gasteiger partial charge in [-0.1, -0.05) is 20.3 Å². The smallest absolute Gasteiger partial charge is 0.0701 e. The van der Waals surface area contributed by atoms with Gasteiger partial charge >= 0.3 is 0 Å². The van der Waals surface area contributed by atoms with Crippen LogP contribution in [0.3, 0.4) is 0 Å². The minimum Gasteiger partial charge on any atom is -0.314 e. The first-order chi connectivity index (χ1) is 6.76. The van der Waals surface area contributed by atoms with Crippen LogP contribution in [0.25, 0.3) is 0 Å². The van der Waals surface area contributed by atoms with Crippen molar-refractivity contribution < 1.29 is 0 Å². The van der Waals surface area contributed by atoms with Crippen LogP contribution in [0.2, 0.25) is 0 Å². The van der Waals surface area contributed by atoms with Crippen LogP contribution < -0.4 is 5.32 Å². The summed E-state index contributed by atoms with van der Waals surface area (Å²) >= 11 is 5.34. The van der Waals surface area contributed by atoms with Crippen molar-refractivity contribution in [1.82, 2.24) is 5.32 Å². The summed E-state index contributed by atoms with van der Waals surface area (Å²) in [5.41, 5.74) is 0. The maximum atomic E-state index is 3.53. The van der Waals surface area contributed by atoms with Gasteiger partial charge in [0.25, 0.3) is 0 Å². The number of hydrogen-bond donors (Lipinski definition) is 1. The fourth-order valence-corrected chi connectivity index (χ4v) is 3.18. The first kappa shape index (κ1) is 12.2. The Hall–Kier alpha value is 0.140. The molecule has 0 saturated carbocycles. The van der Waals surface area contributed by atoms with Gasteiger partial charge < -0.3 is 5.32 Å². The standard InChI is InChI=1S/C11H18BrNS/c1-3-5-9(13-4-2)8-10-6-7-11(12)14-10/h6-7,9,13H,3-5,8H2,1-2H3. The van der Waals surface area contributed by atoms with E-state index in [2.05, 4.69) is 47.2 Å². The van der Waals surface area contributed by atoms with Crippen molar-refractivity contribution >= 4 is 27.3 Å². The summed E-state index contributed by atoms with van der Waals surface area (Å²) in [5.74, 6) is 0. The van der Waals surface area contributed by atoms with E-state index in [0.717, 1.165) is 13.0 Å². The number of thiophene rings is 1. The Kier molecular flexibility index (Phi) is 5.75. The van der Waals surface area contributed by atoms with Crippen LogP contribution in [0.15, 0.2) is 15.9 Å².